The van der Waals surface area contributed by atoms with E-state index in [4.69, 9.17) is 9.47 Å². The van der Waals surface area contributed by atoms with Crippen molar-refractivity contribution in [2.75, 3.05) is 20.8 Å². The number of ether oxygens (including phenoxy) is 2. The first kappa shape index (κ1) is 18.5. The van der Waals surface area contributed by atoms with Gasteiger partial charge in [-0.3, -0.25) is 4.79 Å². The molecular formula is C18H24N4O3. The van der Waals surface area contributed by atoms with E-state index < -0.39 is 0 Å². The fraction of sp³-hybridized carbons (Fsp3) is 0.389. The summed E-state index contributed by atoms with van der Waals surface area (Å²) < 4.78 is 12.5. The summed E-state index contributed by atoms with van der Waals surface area (Å²) in [6.45, 7) is 4.63. The average Bonchev–Trinajstić information content (AvgIpc) is 3.08. The van der Waals surface area contributed by atoms with Crippen LogP contribution < -0.4 is 14.8 Å². The number of rotatable bonds is 8. The monoisotopic (exact) mass is 344 g/mol. The molecule has 1 heterocycles. The predicted octanol–water partition coefficient (Wildman–Crippen LogP) is 2.25. The highest BCUT2D eigenvalue weighted by atomic mass is 16.5. The van der Waals surface area contributed by atoms with Gasteiger partial charge in [-0.2, -0.15) is 0 Å². The number of aromatic nitrogens is 3. The van der Waals surface area contributed by atoms with Gasteiger partial charge >= 0.3 is 0 Å². The van der Waals surface area contributed by atoms with E-state index in [9.17, 15) is 4.79 Å². The number of benzene rings is 1. The van der Waals surface area contributed by atoms with Crippen molar-refractivity contribution in [2.24, 2.45) is 0 Å². The molecule has 0 saturated carbocycles. The molecule has 0 saturated heterocycles. The molecule has 0 atom stereocenters. The van der Waals surface area contributed by atoms with Gasteiger partial charge in [0.05, 0.1) is 14.2 Å². The normalized spacial score (nSPS) is 11.1. The first-order chi connectivity index (χ1) is 12.0. The van der Waals surface area contributed by atoms with Crippen molar-refractivity contribution in [2.45, 2.75) is 26.3 Å². The van der Waals surface area contributed by atoms with Crippen molar-refractivity contribution in [1.82, 2.24) is 20.1 Å². The van der Waals surface area contributed by atoms with Gasteiger partial charge in [-0.05, 0) is 32.1 Å². The van der Waals surface area contributed by atoms with Crippen LogP contribution in [0.3, 0.4) is 0 Å². The molecule has 0 spiro atoms. The predicted molar refractivity (Wildman–Crippen MR) is 95.7 cm³/mol. The molecule has 0 aliphatic carbocycles. The van der Waals surface area contributed by atoms with Crippen LogP contribution in [-0.2, 0) is 11.2 Å². The van der Waals surface area contributed by atoms with Crippen LogP contribution in [0, 0.1) is 0 Å². The quantitative estimate of drug-likeness (QED) is 0.743. The number of nitrogens with zero attached hydrogens (tertiary/aromatic N) is 3. The van der Waals surface area contributed by atoms with Crippen LogP contribution in [0.1, 0.15) is 31.3 Å². The fourth-order valence-corrected chi connectivity index (χ4v) is 2.35. The average molecular weight is 344 g/mol. The van der Waals surface area contributed by atoms with E-state index in [-0.39, 0.29) is 5.91 Å². The second-order valence-corrected chi connectivity index (χ2v) is 5.73. The molecular weight excluding hydrogens is 320 g/mol. The number of hydrogen-bond donors (Lipinski definition) is 1. The number of carbonyl (C=O) groups excluding carboxylic acids is 1. The molecule has 2 aromatic rings. The Balaban J connectivity index is 1.90. The molecule has 0 radical (unpaired) electrons. The van der Waals surface area contributed by atoms with E-state index in [1.807, 2.05) is 16.7 Å². The van der Waals surface area contributed by atoms with Gasteiger partial charge in [-0.25, -0.2) is 0 Å². The number of nitrogens with one attached hydrogen (secondary N) is 1. The van der Waals surface area contributed by atoms with Crippen LogP contribution in [0.15, 0.2) is 30.6 Å². The lowest BCUT2D eigenvalue weighted by molar-refractivity contribution is -0.116. The van der Waals surface area contributed by atoms with Crippen LogP contribution in [0.4, 0.5) is 0 Å². The molecule has 0 aliphatic heterocycles. The van der Waals surface area contributed by atoms with Gasteiger partial charge in [-0.1, -0.05) is 0 Å². The van der Waals surface area contributed by atoms with E-state index >= 15 is 0 Å². The Morgan fingerprint density at radius 1 is 1.32 bits per heavy atom. The Morgan fingerprint density at radius 2 is 2.12 bits per heavy atom. The van der Waals surface area contributed by atoms with Crippen molar-refractivity contribution in [3.8, 4) is 11.5 Å². The maximum Gasteiger partial charge on any atom is 0.244 e. The second-order valence-electron chi connectivity index (χ2n) is 5.73. The van der Waals surface area contributed by atoms with E-state index in [0.29, 0.717) is 30.5 Å². The minimum absolute atomic E-state index is 0.173. The minimum Gasteiger partial charge on any atom is -0.497 e. The molecule has 25 heavy (non-hydrogen) atoms. The van der Waals surface area contributed by atoms with Gasteiger partial charge < -0.3 is 19.4 Å². The van der Waals surface area contributed by atoms with E-state index in [1.54, 1.807) is 32.7 Å². The summed E-state index contributed by atoms with van der Waals surface area (Å²) in [5, 5.41) is 10.8. The summed E-state index contributed by atoms with van der Waals surface area (Å²) in [6.07, 6.45) is 5.53. The molecule has 134 valence electrons. The lowest BCUT2D eigenvalue weighted by Gasteiger charge is -2.10. The van der Waals surface area contributed by atoms with Crippen molar-refractivity contribution < 1.29 is 14.3 Å². The van der Waals surface area contributed by atoms with Crippen LogP contribution in [-0.4, -0.2) is 41.4 Å². The Bertz CT molecular complexity index is 738. The molecule has 1 aromatic heterocycles. The maximum atomic E-state index is 12.0. The Labute approximate surface area is 147 Å². The van der Waals surface area contributed by atoms with Gasteiger partial charge in [0.2, 0.25) is 5.91 Å². The Kier molecular flexibility index (Phi) is 6.56. The Hall–Kier alpha value is -2.83. The lowest BCUT2D eigenvalue weighted by atomic mass is 10.1. The maximum absolute atomic E-state index is 12.0. The third-order valence-electron chi connectivity index (χ3n) is 3.71. The van der Waals surface area contributed by atoms with Crippen LogP contribution in [0.25, 0.3) is 6.08 Å². The summed E-state index contributed by atoms with van der Waals surface area (Å²) in [6, 6.07) is 5.73. The molecule has 0 bridgehead atoms. The molecule has 1 aromatic carbocycles. The molecule has 0 aliphatic rings. The van der Waals surface area contributed by atoms with E-state index in [2.05, 4.69) is 29.4 Å². The first-order valence-electron chi connectivity index (χ1n) is 8.11. The fourth-order valence-electron chi connectivity index (χ4n) is 2.35. The summed E-state index contributed by atoms with van der Waals surface area (Å²) in [4.78, 5) is 12.0. The Morgan fingerprint density at radius 3 is 2.80 bits per heavy atom. The zero-order chi connectivity index (χ0) is 18.2. The SMILES string of the molecule is COc1ccc(/C=C\C(=O)NCCc2nncn2C(C)C)c(OC)c1. The van der Waals surface area contributed by atoms with Crippen LogP contribution in [0.2, 0.25) is 0 Å². The van der Waals surface area contributed by atoms with Crippen molar-refractivity contribution in [3.05, 3.63) is 42.0 Å². The van der Waals surface area contributed by atoms with Gasteiger partial charge in [0.1, 0.15) is 23.7 Å². The van der Waals surface area contributed by atoms with Gasteiger partial charge in [0.25, 0.3) is 0 Å². The van der Waals surface area contributed by atoms with Gasteiger partial charge in [-0.15, -0.1) is 10.2 Å². The molecule has 1 amide bonds. The number of hydrogen-bond acceptors (Lipinski definition) is 5. The van der Waals surface area contributed by atoms with Crippen LogP contribution >= 0.6 is 0 Å². The van der Waals surface area contributed by atoms with Crippen LogP contribution in [0.5, 0.6) is 11.5 Å². The highest BCUT2D eigenvalue weighted by Gasteiger charge is 2.07. The first-order valence-corrected chi connectivity index (χ1v) is 8.11. The highest BCUT2D eigenvalue weighted by Crippen LogP contribution is 2.25. The molecule has 2 rings (SSSR count). The zero-order valence-corrected chi connectivity index (χ0v) is 15.0. The zero-order valence-electron chi connectivity index (χ0n) is 15.0. The number of carbonyl (C=O) groups is 1. The second kappa shape index (κ2) is 8.86. The third kappa shape index (κ3) is 5.07. The molecule has 7 nitrogen and oxygen atoms in total. The largest absolute Gasteiger partial charge is 0.497 e. The molecule has 0 fully saturated rings. The van der Waals surface area contributed by atoms with Gasteiger partial charge in [0.15, 0.2) is 0 Å². The minimum atomic E-state index is -0.173. The van der Waals surface area contributed by atoms with Gasteiger partial charge in [0, 0.05) is 36.7 Å². The van der Waals surface area contributed by atoms with Crippen molar-refractivity contribution in [3.63, 3.8) is 0 Å². The summed E-state index contributed by atoms with van der Waals surface area (Å²) in [5.41, 5.74) is 0.804. The van der Waals surface area contributed by atoms with E-state index in [0.717, 1.165) is 11.4 Å². The summed E-state index contributed by atoms with van der Waals surface area (Å²) in [7, 11) is 3.18. The third-order valence-corrected chi connectivity index (χ3v) is 3.71. The number of methoxy groups -OCH3 is 2. The lowest BCUT2D eigenvalue weighted by Crippen LogP contribution is -2.24. The number of amides is 1. The molecule has 7 heteroatoms. The van der Waals surface area contributed by atoms with Crippen molar-refractivity contribution in [1.29, 1.82) is 0 Å². The molecule has 1 N–H and O–H groups in total. The summed E-state index contributed by atoms with van der Waals surface area (Å²) >= 11 is 0. The summed E-state index contributed by atoms with van der Waals surface area (Å²) in [5.74, 6) is 2.03. The molecule has 0 unspecified atom stereocenters. The van der Waals surface area contributed by atoms with E-state index in [1.165, 1.54) is 6.08 Å². The van der Waals surface area contributed by atoms with Crippen molar-refractivity contribution >= 4 is 12.0 Å². The highest BCUT2D eigenvalue weighted by molar-refractivity contribution is 5.92. The smallest absolute Gasteiger partial charge is 0.244 e. The standard InChI is InChI=1S/C18H24N4O3/c1-13(2)22-12-20-21-17(22)9-10-19-18(23)8-6-14-5-7-15(24-3)11-16(14)25-4/h5-8,11-13H,9-10H2,1-4H3,(H,19,23)/b8-6-. The topological polar surface area (TPSA) is 78.3 Å².